The highest BCUT2D eigenvalue weighted by atomic mass is 16.2. The smallest absolute Gasteiger partial charge is 0.225 e. The molecule has 0 radical (unpaired) electrons. The number of rotatable bonds is 4. The van der Waals surface area contributed by atoms with Crippen LogP contribution in [0.4, 0.5) is 0 Å². The van der Waals surface area contributed by atoms with E-state index in [1.165, 1.54) is 0 Å². The highest BCUT2D eigenvalue weighted by Gasteiger charge is 2.20. The highest BCUT2D eigenvalue weighted by molar-refractivity contribution is 5.77. The summed E-state index contributed by atoms with van der Waals surface area (Å²) in [7, 11) is 0. The molecule has 0 spiro atoms. The number of nitrogens with zero attached hydrogens (tertiary/aromatic N) is 2. The number of carbonyl (C=O) groups excluding carboxylic acids is 1. The van der Waals surface area contributed by atoms with Gasteiger partial charge in [0.25, 0.3) is 0 Å². The number of hydrogen-bond donors (Lipinski definition) is 1. The summed E-state index contributed by atoms with van der Waals surface area (Å²) in [5, 5.41) is 11.6. The normalized spacial score (nSPS) is 16.8. The Hall–Kier alpha value is -1.52. The van der Waals surface area contributed by atoms with Crippen LogP contribution in [0.3, 0.4) is 0 Å². The number of nitriles is 1. The summed E-state index contributed by atoms with van der Waals surface area (Å²) in [6.07, 6.45) is 7.43. The minimum Gasteiger partial charge on any atom is -0.343 e. The van der Waals surface area contributed by atoms with Gasteiger partial charge in [-0.25, -0.2) is 0 Å². The molecule has 1 unspecified atom stereocenters. The second-order valence-electron chi connectivity index (χ2n) is 3.56. The van der Waals surface area contributed by atoms with Crippen LogP contribution in [0.15, 0.2) is 0 Å². The van der Waals surface area contributed by atoms with E-state index in [0.29, 0.717) is 6.54 Å². The zero-order valence-corrected chi connectivity index (χ0v) is 8.70. The van der Waals surface area contributed by atoms with Crippen molar-refractivity contribution in [1.29, 1.82) is 5.26 Å². The topological polar surface area (TPSA) is 56.1 Å². The van der Waals surface area contributed by atoms with Gasteiger partial charge >= 0.3 is 0 Å². The Morgan fingerprint density at radius 1 is 1.53 bits per heavy atom. The Kier molecular flexibility index (Phi) is 4.66. The number of likely N-dealkylation sites (tertiary alicyclic amines) is 1. The third-order valence-corrected chi connectivity index (χ3v) is 2.44. The molecule has 1 aliphatic heterocycles. The van der Waals surface area contributed by atoms with Crippen LogP contribution in [0.5, 0.6) is 0 Å². The Morgan fingerprint density at radius 2 is 2.20 bits per heavy atom. The summed E-state index contributed by atoms with van der Waals surface area (Å²) in [5.74, 6) is 2.43. The van der Waals surface area contributed by atoms with Gasteiger partial charge < -0.3 is 4.90 Å². The van der Waals surface area contributed by atoms with Crippen molar-refractivity contribution in [2.24, 2.45) is 0 Å². The first-order chi connectivity index (χ1) is 7.27. The standard InChI is InChI=1S/C11H15N3O/c1-2-5-13-10(9-12)8-11(15)14-6-3-4-7-14/h1,10,13H,3-8H2. The largest absolute Gasteiger partial charge is 0.343 e. The Bertz CT molecular complexity index is 294. The average Bonchev–Trinajstić information content (AvgIpc) is 2.77. The molecule has 0 aromatic carbocycles. The molecule has 1 saturated heterocycles. The molecule has 1 fully saturated rings. The minimum atomic E-state index is -0.464. The lowest BCUT2D eigenvalue weighted by atomic mass is 10.2. The van der Waals surface area contributed by atoms with E-state index in [9.17, 15) is 4.79 Å². The van der Waals surface area contributed by atoms with Crippen LogP contribution in [-0.4, -0.2) is 36.5 Å². The van der Waals surface area contributed by atoms with E-state index in [4.69, 9.17) is 11.7 Å². The summed E-state index contributed by atoms with van der Waals surface area (Å²) >= 11 is 0. The van der Waals surface area contributed by atoms with Crippen molar-refractivity contribution in [3.05, 3.63) is 0 Å². The van der Waals surface area contributed by atoms with Gasteiger partial charge in [-0.1, -0.05) is 5.92 Å². The van der Waals surface area contributed by atoms with Gasteiger partial charge in [-0.2, -0.15) is 5.26 Å². The average molecular weight is 205 g/mol. The van der Waals surface area contributed by atoms with E-state index in [1.54, 1.807) is 0 Å². The fourth-order valence-corrected chi connectivity index (χ4v) is 1.62. The van der Waals surface area contributed by atoms with Crippen LogP contribution in [0, 0.1) is 23.7 Å². The van der Waals surface area contributed by atoms with Gasteiger partial charge in [-0.3, -0.25) is 10.1 Å². The van der Waals surface area contributed by atoms with Gasteiger partial charge in [0.2, 0.25) is 5.91 Å². The zero-order chi connectivity index (χ0) is 11.1. The van der Waals surface area contributed by atoms with Crippen LogP contribution in [0.2, 0.25) is 0 Å². The van der Waals surface area contributed by atoms with Crippen molar-refractivity contribution >= 4 is 5.91 Å². The summed E-state index contributed by atoms with van der Waals surface area (Å²) in [5.41, 5.74) is 0. The second-order valence-corrected chi connectivity index (χ2v) is 3.56. The molecular formula is C11H15N3O. The lowest BCUT2D eigenvalue weighted by molar-refractivity contribution is -0.130. The van der Waals surface area contributed by atoms with Crippen LogP contribution >= 0.6 is 0 Å². The quantitative estimate of drug-likeness (QED) is 0.663. The third kappa shape index (κ3) is 3.61. The molecule has 1 atom stereocenters. The first-order valence-corrected chi connectivity index (χ1v) is 5.12. The molecular weight excluding hydrogens is 190 g/mol. The number of hydrogen-bond acceptors (Lipinski definition) is 3. The van der Waals surface area contributed by atoms with Crippen molar-refractivity contribution in [2.75, 3.05) is 19.6 Å². The molecule has 4 nitrogen and oxygen atoms in total. The van der Waals surface area contributed by atoms with Crippen molar-refractivity contribution in [2.45, 2.75) is 25.3 Å². The van der Waals surface area contributed by atoms with Crippen molar-refractivity contribution < 1.29 is 4.79 Å². The van der Waals surface area contributed by atoms with Crippen molar-refractivity contribution in [3.63, 3.8) is 0 Å². The minimum absolute atomic E-state index is 0.0450. The van der Waals surface area contributed by atoms with Gasteiger partial charge in [0, 0.05) is 13.1 Å². The maximum Gasteiger partial charge on any atom is 0.225 e. The van der Waals surface area contributed by atoms with Gasteiger partial charge in [-0.15, -0.1) is 6.42 Å². The number of terminal acetylenes is 1. The molecule has 0 bridgehead atoms. The van der Waals surface area contributed by atoms with E-state index < -0.39 is 6.04 Å². The first-order valence-electron chi connectivity index (χ1n) is 5.12. The maximum absolute atomic E-state index is 11.7. The van der Waals surface area contributed by atoms with Gasteiger partial charge in [0.05, 0.1) is 19.0 Å². The highest BCUT2D eigenvalue weighted by Crippen LogP contribution is 2.09. The molecule has 80 valence electrons. The molecule has 1 N–H and O–H groups in total. The number of nitrogens with one attached hydrogen (secondary N) is 1. The number of amides is 1. The monoisotopic (exact) mass is 205 g/mol. The van der Waals surface area contributed by atoms with Gasteiger partial charge in [0.1, 0.15) is 6.04 Å². The zero-order valence-electron chi connectivity index (χ0n) is 8.70. The third-order valence-electron chi connectivity index (χ3n) is 2.44. The molecule has 1 aliphatic rings. The summed E-state index contributed by atoms with van der Waals surface area (Å²) < 4.78 is 0. The molecule has 15 heavy (non-hydrogen) atoms. The molecule has 4 heteroatoms. The lowest BCUT2D eigenvalue weighted by Crippen LogP contribution is -2.36. The fourth-order valence-electron chi connectivity index (χ4n) is 1.62. The predicted octanol–water partition coefficient (Wildman–Crippen LogP) is 0.114. The second kappa shape index (κ2) is 6.06. The maximum atomic E-state index is 11.7. The fraction of sp³-hybridized carbons (Fsp3) is 0.636. The molecule has 1 rings (SSSR count). The SMILES string of the molecule is C#CCNC(C#N)CC(=O)N1CCCC1. The Morgan fingerprint density at radius 3 is 2.73 bits per heavy atom. The molecule has 0 aliphatic carbocycles. The van der Waals surface area contributed by atoms with Crippen molar-refractivity contribution in [3.8, 4) is 18.4 Å². The van der Waals surface area contributed by atoms with Gasteiger partial charge in [0.15, 0.2) is 0 Å². The van der Waals surface area contributed by atoms with E-state index in [-0.39, 0.29) is 12.3 Å². The molecule has 1 heterocycles. The van der Waals surface area contributed by atoms with E-state index in [2.05, 4.69) is 11.2 Å². The first kappa shape index (κ1) is 11.6. The summed E-state index contributed by atoms with van der Waals surface area (Å²) in [4.78, 5) is 13.5. The predicted molar refractivity (Wildman–Crippen MR) is 56.7 cm³/mol. The Labute approximate surface area is 90.2 Å². The van der Waals surface area contributed by atoms with E-state index in [0.717, 1.165) is 25.9 Å². The summed E-state index contributed by atoms with van der Waals surface area (Å²) in [6.45, 7) is 1.98. The molecule has 0 saturated carbocycles. The van der Waals surface area contributed by atoms with Crippen LogP contribution < -0.4 is 5.32 Å². The van der Waals surface area contributed by atoms with Crippen LogP contribution in [0.1, 0.15) is 19.3 Å². The van der Waals surface area contributed by atoms with Crippen LogP contribution in [0.25, 0.3) is 0 Å². The Balaban J connectivity index is 2.34. The van der Waals surface area contributed by atoms with Crippen LogP contribution in [-0.2, 0) is 4.79 Å². The lowest BCUT2D eigenvalue weighted by Gasteiger charge is -2.17. The number of carbonyl (C=O) groups is 1. The molecule has 1 amide bonds. The molecule has 0 aromatic heterocycles. The molecule has 0 aromatic rings. The van der Waals surface area contributed by atoms with Gasteiger partial charge in [-0.05, 0) is 12.8 Å². The summed E-state index contributed by atoms with van der Waals surface area (Å²) in [6, 6.07) is 1.57. The van der Waals surface area contributed by atoms with Crippen molar-refractivity contribution in [1.82, 2.24) is 10.2 Å². The van der Waals surface area contributed by atoms with E-state index in [1.807, 2.05) is 11.0 Å². The van der Waals surface area contributed by atoms with E-state index >= 15 is 0 Å².